The van der Waals surface area contributed by atoms with Crippen molar-refractivity contribution >= 4 is 32.9 Å². The summed E-state index contributed by atoms with van der Waals surface area (Å²) in [6, 6.07) is 12.9. The molecule has 0 saturated heterocycles. The highest BCUT2D eigenvalue weighted by Gasteiger charge is 2.23. The van der Waals surface area contributed by atoms with E-state index < -0.39 is 0 Å². The second-order valence-electron chi connectivity index (χ2n) is 6.18. The lowest BCUT2D eigenvalue weighted by atomic mass is 10.0. The fourth-order valence-corrected chi connectivity index (χ4v) is 3.12. The van der Waals surface area contributed by atoms with Crippen molar-refractivity contribution in [3.05, 3.63) is 58.3 Å². The van der Waals surface area contributed by atoms with Crippen LogP contribution in [0.2, 0.25) is 0 Å². The standard InChI is InChI=1S/C19H20BrN3O2/c1-11(2)17(18-21-15-6-4-5-7-16(15)22-18)23-19(24)13-10-12(25-3)8-9-14(13)20/h4-11,17H,1-3H3,(H,21,22)(H,23,24). The number of methoxy groups -OCH3 is 1. The van der Waals surface area contributed by atoms with Crippen LogP contribution in [0.4, 0.5) is 0 Å². The van der Waals surface area contributed by atoms with Crippen LogP contribution in [0.3, 0.4) is 0 Å². The van der Waals surface area contributed by atoms with Crippen LogP contribution in [0.1, 0.15) is 36.1 Å². The number of aromatic amines is 1. The zero-order chi connectivity index (χ0) is 18.0. The summed E-state index contributed by atoms with van der Waals surface area (Å²) in [7, 11) is 1.58. The number of hydrogen-bond acceptors (Lipinski definition) is 3. The van der Waals surface area contributed by atoms with E-state index in [0.29, 0.717) is 11.3 Å². The number of imidazole rings is 1. The van der Waals surface area contributed by atoms with Gasteiger partial charge in [0.05, 0.1) is 29.7 Å². The van der Waals surface area contributed by atoms with E-state index in [0.717, 1.165) is 21.3 Å². The average Bonchev–Trinajstić information content (AvgIpc) is 3.03. The highest BCUT2D eigenvalue weighted by Crippen LogP contribution is 2.26. The van der Waals surface area contributed by atoms with Gasteiger partial charge in [-0.1, -0.05) is 26.0 Å². The van der Waals surface area contributed by atoms with E-state index in [-0.39, 0.29) is 17.9 Å². The number of para-hydroxylation sites is 2. The maximum atomic E-state index is 12.8. The summed E-state index contributed by atoms with van der Waals surface area (Å²) < 4.78 is 5.94. The minimum absolute atomic E-state index is 0.175. The zero-order valence-corrected chi connectivity index (χ0v) is 15.9. The van der Waals surface area contributed by atoms with Crippen LogP contribution >= 0.6 is 15.9 Å². The first-order chi connectivity index (χ1) is 12.0. The van der Waals surface area contributed by atoms with Gasteiger partial charge in [0.2, 0.25) is 0 Å². The van der Waals surface area contributed by atoms with E-state index in [1.165, 1.54) is 0 Å². The van der Waals surface area contributed by atoms with E-state index in [4.69, 9.17) is 4.74 Å². The minimum Gasteiger partial charge on any atom is -0.497 e. The second-order valence-corrected chi connectivity index (χ2v) is 7.03. The number of ether oxygens (including phenoxy) is 1. The van der Waals surface area contributed by atoms with Crippen molar-refractivity contribution in [1.82, 2.24) is 15.3 Å². The number of benzene rings is 2. The molecule has 1 amide bonds. The van der Waals surface area contributed by atoms with Gasteiger partial charge in [-0.3, -0.25) is 4.79 Å². The molecular formula is C19H20BrN3O2. The number of amides is 1. The fraction of sp³-hybridized carbons (Fsp3) is 0.263. The van der Waals surface area contributed by atoms with Gasteiger partial charge in [-0.15, -0.1) is 0 Å². The van der Waals surface area contributed by atoms with Crippen LogP contribution < -0.4 is 10.1 Å². The maximum absolute atomic E-state index is 12.8. The Balaban J connectivity index is 1.90. The molecule has 0 fully saturated rings. The zero-order valence-electron chi connectivity index (χ0n) is 14.3. The SMILES string of the molecule is COc1ccc(Br)c(C(=O)NC(c2nc3ccccc3[nH]2)C(C)C)c1. The van der Waals surface area contributed by atoms with E-state index in [9.17, 15) is 4.79 Å². The van der Waals surface area contributed by atoms with Gasteiger partial charge in [-0.25, -0.2) is 4.98 Å². The number of halogens is 1. The number of aromatic nitrogens is 2. The number of nitrogens with one attached hydrogen (secondary N) is 2. The maximum Gasteiger partial charge on any atom is 0.253 e. The number of rotatable bonds is 5. The van der Waals surface area contributed by atoms with E-state index >= 15 is 0 Å². The van der Waals surface area contributed by atoms with E-state index in [1.807, 2.05) is 24.3 Å². The largest absolute Gasteiger partial charge is 0.497 e. The molecule has 0 aliphatic heterocycles. The average molecular weight is 402 g/mol. The van der Waals surface area contributed by atoms with Crippen LogP contribution in [0, 0.1) is 5.92 Å². The molecule has 1 unspecified atom stereocenters. The number of carbonyl (C=O) groups excluding carboxylic acids is 1. The molecule has 3 aromatic rings. The normalized spacial score (nSPS) is 12.4. The molecule has 0 aliphatic rings. The lowest BCUT2D eigenvalue weighted by molar-refractivity contribution is 0.0922. The molecule has 0 saturated carbocycles. The highest BCUT2D eigenvalue weighted by molar-refractivity contribution is 9.10. The molecule has 0 aliphatic carbocycles. The van der Waals surface area contributed by atoms with Crippen molar-refractivity contribution in [3.8, 4) is 5.75 Å². The van der Waals surface area contributed by atoms with Crippen LogP contribution in [-0.2, 0) is 0 Å². The Bertz CT molecular complexity index is 872. The quantitative estimate of drug-likeness (QED) is 0.662. The smallest absolute Gasteiger partial charge is 0.253 e. The first kappa shape index (κ1) is 17.5. The molecule has 0 spiro atoms. The molecule has 5 nitrogen and oxygen atoms in total. The predicted octanol–water partition coefficient (Wildman–Crippen LogP) is 4.46. The Morgan fingerprint density at radius 1 is 1.24 bits per heavy atom. The lowest BCUT2D eigenvalue weighted by Crippen LogP contribution is -2.32. The van der Waals surface area contributed by atoms with Crippen molar-refractivity contribution in [2.75, 3.05) is 7.11 Å². The number of fused-ring (bicyclic) bond motifs is 1. The monoisotopic (exact) mass is 401 g/mol. The molecule has 1 atom stereocenters. The summed E-state index contributed by atoms with van der Waals surface area (Å²) in [5.41, 5.74) is 2.38. The minimum atomic E-state index is -0.224. The number of carbonyl (C=O) groups is 1. The first-order valence-electron chi connectivity index (χ1n) is 8.08. The van der Waals surface area contributed by atoms with Crippen LogP contribution in [-0.4, -0.2) is 23.0 Å². The van der Waals surface area contributed by atoms with Gasteiger partial charge in [0.1, 0.15) is 11.6 Å². The summed E-state index contributed by atoms with van der Waals surface area (Å²) in [4.78, 5) is 20.7. The van der Waals surface area contributed by atoms with Crippen LogP contribution in [0.5, 0.6) is 5.75 Å². The van der Waals surface area contributed by atoms with Crippen LogP contribution in [0.15, 0.2) is 46.9 Å². The van der Waals surface area contributed by atoms with E-state index in [1.54, 1.807) is 25.3 Å². The number of nitrogens with zero attached hydrogens (tertiary/aromatic N) is 1. The molecule has 0 radical (unpaired) electrons. The Kier molecular flexibility index (Phi) is 5.08. The molecule has 1 aromatic heterocycles. The summed E-state index contributed by atoms with van der Waals surface area (Å²) in [6.07, 6.45) is 0. The molecule has 25 heavy (non-hydrogen) atoms. The van der Waals surface area contributed by atoms with Gasteiger partial charge in [0, 0.05) is 4.47 Å². The Hall–Kier alpha value is -2.34. The molecule has 2 N–H and O–H groups in total. The summed E-state index contributed by atoms with van der Waals surface area (Å²) >= 11 is 3.43. The Morgan fingerprint density at radius 2 is 2.00 bits per heavy atom. The lowest BCUT2D eigenvalue weighted by Gasteiger charge is -2.21. The van der Waals surface area contributed by atoms with Gasteiger partial charge in [-0.05, 0) is 52.2 Å². The molecule has 2 aromatic carbocycles. The van der Waals surface area contributed by atoms with Crippen molar-refractivity contribution in [2.24, 2.45) is 5.92 Å². The third-order valence-electron chi connectivity index (χ3n) is 4.07. The van der Waals surface area contributed by atoms with Crippen LogP contribution in [0.25, 0.3) is 11.0 Å². The Morgan fingerprint density at radius 3 is 2.68 bits per heavy atom. The van der Waals surface area contributed by atoms with Gasteiger partial charge >= 0.3 is 0 Å². The predicted molar refractivity (Wildman–Crippen MR) is 102 cm³/mol. The third kappa shape index (κ3) is 3.69. The molecule has 1 heterocycles. The van der Waals surface area contributed by atoms with Crippen molar-refractivity contribution in [2.45, 2.75) is 19.9 Å². The van der Waals surface area contributed by atoms with Crippen molar-refractivity contribution in [3.63, 3.8) is 0 Å². The Labute approximate surface area is 154 Å². The summed E-state index contributed by atoms with van der Waals surface area (Å²) in [5, 5.41) is 3.08. The molecule has 130 valence electrons. The van der Waals surface area contributed by atoms with Gasteiger partial charge in [0.25, 0.3) is 5.91 Å². The van der Waals surface area contributed by atoms with Crippen molar-refractivity contribution < 1.29 is 9.53 Å². The first-order valence-corrected chi connectivity index (χ1v) is 8.88. The van der Waals surface area contributed by atoms with Crippen molar-refractivity contribution in [1.29, 1.82) is 0 Å². The second kappa shape index (κ2) is 7.27. The van der Waals surface area contributed by atoms with E-state index in [2.05, 4.69) is 45.1 Å². The summed E-state index contributed by atoms with van der Waals surface area (Å²) in [6.45, 7) is 4.11. The molecule has 6 heteroatoms. The molecular weight excluding hydrogens is 382 g/mol. The number of H-pyrrole nitrogens is 1. The highest BCUT2D eigenvalue weighted by atomic mass is 79.9. The fourth-order valence-electron chi connectivity index (χ4n) is 2.69. The third-order valence-corrected chi connectivity index (χ3v) is 4.77. The van der Waals surface area contributed by atoms with Gasteiger partial charge in [0.15, 0.2) is 0 Å². The number of hydrogen-bond donors (Lipinski definition) is 2. The van der Waals surface area contributed by atoms with Gasteiger partial charge in [-0.2, -0.15) is 0 Å². The molecule has 0 bridgehead atoms. The molecule has 3 rings (SSSR count). The summed E-state index contributed by atoms with van der Waals surface area (Å²) in [5.74, 6) is 1.39. The van der Waals surface area contributed by atoms with Gasteiger partial charge < -0.3 is 15.0 Å². The topological polar surface area (TPSA) is 67.0 Å².